The van der Waals surface area contributed by atoms with Crippen molar-refractivity contribution in [3.05, 3.63) is 65.2 Å². The number of aromatic hydroxyl groups is 2. The largest absolute Gasteiger partial charge is 0.504 e. The summed E-state index contributed by atoms with van der Waals surface area (Å²) in [5.41, 5.74) is 2.06. The van der Waals surface area contributed by atoms with Crippen LogP contribution in [0.4, 0.5) is 0 Å². The average Bonchev–Trinajstić information content (AvgIpc) is 3.62. The zero-order valence-electron chi connectivity index (χ0n) is 23.9. The lowest BCUT2D eigenvalue weighted by Gasteiger charge is -2.25. The molecule has 0 saturated carbocycles. The van der Waals surface area contributed by atoms with Crippen molar-refractivity contribution in [1.29, 1.82) is 0 Å². The molecule has 226 valence electrons. The third-order valence-corrected chi connectivity index (χ3v) is 7.97. The van der Waals surface area contributed by atoms with E-state index in [1.807, 2.05) is 6.07 Å². The highest BCUT2D eigenvalue weighted by Gasteiger charge is 2.48. The minimum atomic E-state index is -1.23. The number of hydrogen-bond donors (Lipinski definition) is 4. The maximum atomic E-state index is 11.0. The molecule has 3 aromatic carbocycles. The number of phenols is 2. The maximum Gasteiger partial charge on any atom is 0.200 e. The van der Waals surface area contributed by atoms with Crippen LogP contribution in [0.1, 0.15) is 35.0 Å². The number of aliphatic hydroxyl groups is 2. The second-order valence-corrected chi connectivity index (χ2v) is 10.2. The first kappa shape index (κ1) is 29.6. The third kappa shape index (κ3) is 5.48. The van der Waals surface area contributed by atoms with Gasteiger partial charge in [0.25, 0.3) is 0 Å². The predicted molar refractivity (Wildman–Crippen MR) is 150 cm³/mol. The Morgan fingerprint density at radius 1 is 0.714 bits per heavy atom. The van der Waals surface area contributed by atoms with Crippen molar-refractivity contribution in [2.24, 2.45) is 11.8 Å². The molecule has 0 bridgehead atoms. The van der Waals surface area contributed by atoms with E-state index in [4.69, 9.17) is 33.2 Å². The van der Waals surface area contributed by atoms with Crippen molar-refractivity contribution < 1.29 is 53.6 Å². The van der Waals surface area contributed by atoms with E-state index in [0.717, 1.165) is 11.1 Å². The van der Waals surface area contributed by atoms with Crippen LogP contribution in [0.2, 0.25) is 0 Å². The van der Waals surface area contributed by atoms with Crippen LogP contribution >= 0.6 is 0 Å². The predicted octanol–water partition coefficient (Wildman–Crippen LogP) is 3.68. The Hall–Kier alpha value is -3.90. The molecule has 5 rings (SSSR count). The summed E-state index contributed by atoms with van der Waals surface area (Å²) in [6.07, 6.45) is -2.85. The van der Waals surface area contributed by atoms with Crippen molar-refractivity contribution in [3.63, 3.8) is 0 Å². The highest BCUT2D eigenvalue weighted by Crippen LogP contribution is 2.52. The second-order valence-electron chi connectivity index (χ2n) is 10.2. The molecule has 42 heavy (non-hydrogen) atoms. The Morgan fingerprint density at radius 2 is 1.29 bits per heavy atom. The first-order valence-corrected chi connectivity index (χ1v) is 13.5. The summed E-state index contributed by atoms with van der Waals surface area (Å²) in [6.45, 7) is 0.417. The van der Waals surface area contributed by atoms with Gasteiger partial charge in [-0.15, -0.1) is 0 Å². The summed E-state index contributed by atoms with van der Waals surface area (Å²) in [7, 11) is 5.88. The van der Waals surface area contributed by atoms with E-state index in [1.165, 1.54) is 46.6 Å². The Bertz CT molecular complexity index is 1370. The second kappa shape index (κ2) is 12.5. The first-order chi connectivity index (χ1) is 20.3. The summed E-state index contributed by atoms with van der Waals surface area (Å²) >= 11 is 0. The van der Waals surface area contributed by atoms with Crippen molar-refractivity contribution in [3.8, 4) is 40.2 Å². The molecule has 6 atom stereocenters. The number of rotatable bonds is 11. The minimum absolute atomic E-state index is 0.0331. The summed E-state index contributed by atoms with van der Waals surface area (Å²) in [5, 5.41) is 41.4. The van der Waals surface area contributed by atoms with E-state index < -0.39 is 18.8 Å². The van der Waals surface area contributed by atoms with Crippen molar-refractivity contribution in [2.45, 2.75) is 24.4 Å². The Balaban J connectivity index is 1.37. The number of aliphatic hydroxyl groups excluding tert-OH is 2. The van der Waals surface area contributed by atoms with Crippen molar-refractivity contribution in [1.82, 2.24) is 0 Å². The summed E-state index contributed by atoms with van der Waals surface area (Å²) in [5.74, 6) is 1.48. The molecule has 0 spiro atoms. The molecule has 2 fully saturated rings. The van der Waals surface area contributed by atoms with Gasteiger partial charge in [-0.1, -0.05) is 12.1 Å². The van der Waals surface area contributed by atoms with E-state index in [9.17, 15) is 20.4 Å². The zero-order valence-corrected chi connectivity index (χ0v) is 23.9. The lowest BCUT2D eigenvalue weighted by molar-refractivity contribution is -0.00102. The minimum Gasteiger partial charge on any atom is -0.504 e. The van der Waals surface area contributed by atoms with Crippen LogP contribution in [-0.4, -0.2) is 74.8 Å². The van der Waals surface area contributed by atoms with Gasteiger partial charge < -0.3 is 53.6 Å². The van der Waals surface area contributed by atoms with Gasteiger partial charge in [0.05, 0.1) is 60.5 Å². The van der Waals surface area contributed by atoms with Crippen molar-refractivity contribution in [2.75, 3.05) is 48.3 Å². The van der Waals surface area contributed by atoms with E-state index in [2.05, 4.69) is 0 Å². The lowest BCUT2D eigenvalue weighted by Crippen LogP contribution is -2.29. The van der Waals surface area contributed by atoms with Gasteiger partial charge in [0.2, 0.25) is 5.75 Å². The monoisotopic (exact) mass is 584 g/mol. The molecular formula is C31H36O11. The quantitative estimate of drug-likeness (QED) is 0.262. The van der Waals surface area contributed by atoms with Gasteiger partial charge in [-0.25, -0.2) is 0 Å². The van der Waals surface area contributed by atoms with Gasteiger partial charge in [0.1, 0.15) is 6.10 Å². The number of phenolic OH excluding ortho intramolecular Hbond substituents is 2. The Morgan fingerprint density at radius 3 is 1.86 bits per heavy atom. The van der Waals surface area contributed by atoms with Gasteiger partial charge in [-0.3, -0.25) is 0 Å². The smallest absolute Gasteiger partial charge is 0.200 e. The highest BCUT2D eigenvalue weighted by molar-refractivity contribution is 5.53. The molecule has 0 aromatic heterocycles. The van der Waals surface area contributed by atoms with Crippen LogP contribution in [0.3, 0.4) is 0 Å². The molecule has 0 aliphatic carbocycles. The van der Waals surface area contributed by atoms with Crippen molar-refractivity contribution >= 4 is 0 Å². The molecule has 2 heterocycles. The van der Waals surface area contributed by atoms with E-state index in [-0.39, 0.29) is 41.3 Å². The molecular weight excluding hydrogens is 548 g/mol. The van der Waals surface area contributed by atoms with Crippen LogP contribution in [-0.2, 0) is 9.47 Å². The molecule has 2 saturated heterocycles. The fourth-order valence-electron chi connectivity index (χ4n) is 5.73. The molecule has 0 amide bonds. The third-order valence-electron chi connectivity index (χ3n) is 7.97. The Kier molecular flexibility index (Phi) is 8.83. The highest BCUT2D eigenvalue weighted by atomic mass is 16.5. The lowest BCUT2D eigenvalue weighted by atomic mass is 9.84. The first-order valence-electron chi connectivity index (χ1n) is 13.5. The fourth-order valence-corrected chi connectivity index (χ4v) is 5.73. The van der Waals surface area contributed by atoms with E-state index >= 15 is 0 Å². The van der Waals surface area contributed by atoms with Gasteiger partial charge in [-0.05, 0) is 53.1 Å². The Labute approximate surface area is 243 Å². The summed E-state index contributed by atoms with van der Waals surface area (Å²) in [6, 6.07) is 13.4. The van der Waals surface area contributed by atoms with Crippen LogP contribution in [0.15, 0.2) is 48.5 Å². The van der Waals surface area contributed by atoms with Gasteiger partial charge in [-0.2, -0.15) is 0 Å². The van der Waals surface area contributed by atoms with Gasteiger partial charge >= 0.3 is 0 Å². The molecule has 3 aromatic rings. The van der Waals surface area contributed by atoms with E-state index in [0.29, 0.717) is 41.8 Å². The van der Waals surface area contributed by atoms with Gasteiger partial charge in [0, 0.05) is 11.8 Å². The molecule has 2 aliphatic heterocycles. The fraction of sp³-hybridized carbons (Fsp3) is 0.419. The molecule has 4 N–H and O–H groups in total. The normalized spacial score (nSPS) is 22.7. The van der Waals surface area contributed by atoms with Gasteiger partial charge in [0.15, 0.2) is 40.6 Å². The summed E-state index contributed by atoms with van der Waals surface area (Å²) < 4.78 is 39.9. The zero-order chi connectivity index (χ0) is 30.0. The molecule has 2 unspecified atom stereocenters. The molecule has 11 nitrogen and oxygen atoms in total. The van der Waals surface area contributed by atoms with Crippen LogP contribution in [0, 0.1) is 11.8 Å². The number of benzene rings is 3. The molecule has 0 radical (unpaired) electrons. The molecule has 11 heteroatoms. The van der Waals surface area contributed by atoms with Crippen LogP contribution in [0.5, 0.6) is 40.2 Å². The van der Waals surface area contributed by atoms with Crippen LogP contribution < -0.4 is 23.7 Å². The maximum absolute atomic E-state index is 11.0. The molecule has 2 aliphatic rings. The topological polar surface area (TPSA) is 146 Å². The summed E-state index contributed by atoms with van der Waals surface area (Å²) in [4.78, 5) is 0. The standard InChI is InChI=1S/C31H36O11/c1-36-22-8-6-17(10-24(22)42-27(13-32)28(34)16-5-7-21(33)23(9-16)37-2)30-19-14-41-31(20(19)15-40-30)18-11-25(38-3)29(35)26(12-18)39-4/h5-12,19-20,27-28,30-35H,13-15H2,1-4H3/t19-,20-,27?,28?,30+,31+/m1/s1. The number of hydrogen-bond acceptors (Lipinski definition) is 11. The van der Waals surface area contributed by atoms with Crippen LogP contribution in [0.25, 0.3) is 0 Å². The van der Waals surface area contributed by atoms with E-state index in [1.54, 1.807) is 24.3 Å². The number of ether oxygens (including phenoxy) is 7. The number of methoxy groups -OCH3 is 4. The average molecular weight is 585 g/mol. The number of fused-ring (bicyclic) bond motifs is 1. The SMILES string of the molecule is COc1cc(C(O)C(CO)Oc2cc([C@@H]3OC[C@@H]4[C@H]3CO[C@H]4c3cc(OC)c(O)c(OC)c3)ccc2OC)ccc1O.